The first-order chi connectivity index (χ1) is 21.9. The van der Waals surface area contributed by atoms with Gasteiger partial charge in [-0.2, -0.15) is 0 Å². The van der Waals surface area contributed by atoms with Gasteiger partial charge in [-0.15, -0.1) is 0 Å². The summed E-state index contributed by atoms with van der Waals surface area (Å²) in [6.45, 7) is 21.4. The van der Waals surface area contributed by atoms with E-state index < -0.39 is 0 Å². The fourth-order valence-electron chi connectivity index (χ4n) is 7.10. The number of nitrogens with zero attached hydrogens (tertiary/aromatic N) is 8. The highest BCUT2D eigenvalue weighted by molar-refractivity contribution is 5.46. The van der Waals surface area contributed by atoms with Crippen molar-refractivity contribution in [2.24, 2.45) is 0 Å². The van der Waals surface area contributed by atoms with E-state index in [0.29, 0.717) is 0 Å². The van der Waals surface area contributed by atoms with E-state index in [1.807, 2.05) is 0 Å². The molecule has 0 N–H and O–H groups in total. The van der Waals surface area contributed by atoms with Crippen molar-refractivity contribution in [3.63, 3.8) is 0 Å². The van der Waals surface area contributed by atoms with E-state index in [1.54, 1.807) is 0 Å². The van der Waals surface area contributed by atoms with E-state index in [2.05, 4.69) is 171 Å². The second-order valence-corrected chi connectivity index (χ2v) is 14.0. The van der Waals surface area contributed by atoms with Crippen LogP contribution in [0.2, 0.25) is 0 Å². The van der Waals surface area contributed by atoms with Gasteiger partial charge in [-0.1, -0.05) is 12.1 Å². The van der Waals surface area contributed by atoms with E-state index in [-0.39, 0.29) is 0 Å². The van der Waals surface area contributed by atoms with Crippen molar-refractivity contribution in [2.45, 2.75) is 67.7 Å². The standard InChI is InChI=1S/2C19H28N4/c2*1-15-10-16(2)19(12-23-9-7-21(5)14-23)17(3)18(15)11-22-8-6-20(4)13-22/h2*6-10H,11-14H2,1-5H3. The van der Waals surface area contributed by atoms with Gasteiger partial charge < -0.3 is 39.2 Å². The molecule has 0 saturated carbocycles. The van der Waals surface area contributed by atoms with Gasteiger partial charge in [0, 0.05) is 104 Å². The van der Waals surface area contributed by atoms with Crippen LogP contribution in [0.5, 0.6) is 0 Å². The highest BCUT2D eigenvalue weighted by Crippen LogP contribution is 2.28. The predicted octanol–water partition coefficient (Wildman–Crippen LogP) is 5.93. The molecule has 0 aliphatic carbocycles. The first-order valence-electron chi connectivity index (χ1n) is 16.6. The van der Waals surface area contributed by atoms with Crippen molar-refractivity contribution in [1.82, 2.24) is 39.2 Å². The maximum atomic E-state index is 2.37. The monoisotopic (exact) mass is 624 g/mol. The van der Waals surface area contributed by atoms with Gasteiger partial charge in [0.05, 0.1) is 26.7 Å². The first-order valence-corrected chi connectivity index (χ1v) is 16.6. The Morgan fingerprint density at radius 2 is 0.587 bits per heavy atom. The largest absolute Gasteiger partial charge is 0.362 e. The van der Waals surface area contributed by atoms with Gasteiger partial charge in [-0.3, -0.25) is 0 Å². The molecule has 4 aliphatic rings. The van der Waals surface area contributed by atoms with Crippen molar-refractivity contribution in [3.8, 4) is 0 Å². The van der Waals surface area contributed by atoms with Crippen LogP contribution >= 0.6 is 0 Å². The second-order valence-electron chi connectivity index (χ2n) is 14.0. The zero-order chi connectivity index (χ0) is 33.1. The topological polar surface area (TPSA) is 25.9 Å². The SMILES string of the molecule is Cc1cc(C)c(CN2C=CN(C)C2)c(C)c1CN1C=CN(C)C1.Cc1cc(C)c(CN2C=CN(C)C2)c(C)c1CN1C=CN(C)C1. The van der Waals surface area contributed by atoms with Gasteiger partial charge >= 0.3 is 0 Å². The van der Waals surface area contributed by atoms with E-state index in [0.717, 1.165) is 52.9 Å². The first kappa shape index (κ1) is 33.2. The van der Waals surface area contributed by atoms with Crippen molar-refractivity contribution >= 4 is 0 Å². The van der Waals surface area contributed by atoms with E-state index >= 15 is 0 Å². The Bertz CT molecular complexity index is 1300. The number of hydrogen-bond acceptors (Lipinski definition) is 8. The van der Waals surface area contributed by atoms with Crippen LogP contribution in [0.3, 0.4) is 0 Å². The minimum atomic E-state index is 0.974. The van der Waals surface area contributed by atoms with E-state index in [9.17, 15) is 0 Å². The summed E-state index contributed by atoms with van der Waals surface area (Å²) in [6, 6.07) is 4.70. The summed E-state index contributed by atoms with van der Waals surface area (Å²) < 4.78 is 0. The molecule has 0 bridgehead atoms. The lowest BCUT2D eigenvalue weighted by Gasteiger charge is -2.25. The molecule has 2 aromatic carbocycles. The maximum absolute atomic E-state index is 2.37. The fraction of sp³-hybridized carbons (Fsp3) is 0.474. The molecule has 8 heteroatoms. The predicted molar refractivity (Wildman–Crippen MR) is 191 cm³/mol. The average molecular weight is 625 g/mol. The second kappa shape index (κ2) is 14.1. The smallest absolute Gasteiger partial charge is 0.0894 e. The highest BCUT2D eigenvalue weighted by Gasteiger charge is 2.19. The van der Waals surface area contributed by atoms with Crippen LogP contribution in [-0.2, 0) is 26.2 Å². The van der Waals surface area contributed by atoms with Crippen molar-refractivity contribution in [1.29, 1.82) is 0 Å². The maximum Gasteiger partial charge on any atom is 0.0894 e. The Labute approximate surface area is 278 Å². The molecule has 0 fully saturated rings. The Kier molecular flexibility index (Phi) is 10.1. The molecule has 0 saturated heterocycles. The minimum Gasteiger partial charge on any atom is -0.362 e. The molecule has 4 heterocycles. The molecule has 0 unspecified atom stereocenters. The van der Waals surface area contributed by atoms with Crippen molar-refractivity contribution in [3.05, 3.63) is 117 Å². The number of benzene rings is 2. The third-order valence-electron chi connectivity index (χ3n) is 9.77. The van der Waals surface area contributed by atoms with Gasteiger partial charge in [0.1, 0.15) is 0 Å². The molecule has 0 aromatic heterocycles. The van der Waals surface area contributed by atoms with Gasteiger partial charge in [-0.25, -0.2) is 0 Å². The summed E-state index contributed by atoms with van der Waals surface area (Å²) in [5, 5.41) is 0. The number of rotatable bonds is 8. The average Bonchev–Trinajstić information content (AvgIpc) is 3.80. The number of hydrogen-bond donors (Lipinski definition) is 0. The third-order valence-corrected chi connectivity index (χ3v) is 9.77. The Balaban J connectivity index is 0.000000181. The molecular formula is C38H56N8. The normalized spacial score (nSPS) is 17.1. The van der Waals surface area contributed by atoms with Crippen LogP contribution in [0.4, 0.5) is 0 Å². The summed E-state index contributed by atoms with van der Waals surface area (Å²) in [6.07, 6.45) is 17.3. The third kappa shape index (κ3) is 7.77. The van der Waals surface area contributed by atoms with Crippen molar-refractivity contribution in [2.75, 3.05) is 54.9 Å². The van der Waals surface area contributed by atoms with Gasteiger partial charge in [0.15, 0.2) is 0 Å². The lowest BCUT2D eigenvalue weighted by Crippen LogP contribution is -2.25. The highest BCUT2D eigenvalue weighted by atomic mass is 15.3. The lowest BCUT2D eigenvalue weighted by atomic mass is 9.93. The molecule has 0 spiro atoms. The minimum absolute atomic E-state index is 0.974. The molecule has 0 atom stereocenters. The van der Waals surface area contributed by atoms with Gasteiger partial charge in [0.2, 0.25) is 0 Å². The molecule has 4 aliphatic heterocycles. The zero-order valence-electron chi connectivity index (χ0n) is 30.0. The van der Waals surface area contributed by atoms with E-state index in [4.69, 9.17) is 0 Å². The lowest BCUT2D eigenvalue weighted by molar-refractivity contribution is 0.286. The Morgan fingerprint density at radius 1 is 0.370 bits per heavy atom. The molecule has 8 nitrogen and oxygen atoms in total. The van der Waals surface area contributed by atoms with E-state index in [1.165, 1.54) is 55.6 Å². The Hall–Kier alpha value is -4.20. The number of aryl methyl sites for hydroxylation is 4. The summed E-state index contributed by atoms with van der Waals surface area (Å²) in [7, 11) is 8.47. The van der Waals surface area contributed by atoms with Crippen LogP contribution in [-0.4, -0.2) is 94.1 Å². The van der Waals surface area contributed by atoms with Crippen LogP contribution in [0, 0.1) is 41.5 Å². The van der Waals surface area contributed by atoms with Gasteiger partial charge in [-0.05, 0) is 97.2 Å². The van der Waals surface area contributed by atoms with Crippen molar-refractivity contribution < 1.29 is 0 Å². The van der Waals surface area contributed by atoms with Crippen LogP contribution in [0.1, 0.15) is 55.6 Å². The summed E-state index contributed by atoms with van der Waals surface area (Å²) in [5.41, 5.74) is 14.4. The molecule has 2 aromatic rings. The Morgan fingerprint density at radius 3 is 0.761 bits per heavy atom. The molecule has 0 amide bonds. The zero-order valence-corrected chi connectivity index (χ0v) is 30.0. The van der Waals surface area contributed by atoms with Crippen LogP contribution in [0.25, 0.3) is 0 Å². The van der Waals surface area contributed by atoms with Crippen LogP contribution < -0.4 is 0 Å². The summed E-state index contributed by atoms with van der Waals surface area (Å²) >= 11 is 0. The molecule has 0 radical (unpaired) electrons. The quantitative estimate of drug-likeness (QED) is 0.357. The summed E-state index contributed by atoms with van der Waals surface area (Å²) in [5.74, 6) is 0. The fourth-order valence-corrected chi connectivity index (χ4v) is 7.10. The summed E-state index contributed by atoms with van der Waals surface area (Å²) in [4.78, 5) is 18.3. The molecule has 6 rings (SSSR count). The molecular weight excluding hydrogens is 568 g/mol. The van der Waals surface area contributed by atoms with Gasteiger partial charge in [0.25, 0.3) is 0 Å². The van der Waals surface area contributed by atoms with Crippen LogP contribution in [0.15, 0.2) is 61.7 Å². The molecule has 248 valence electrons. The molecule has 46 heavy (non-hydrogen) atoms.